The van der Waals surface area contributed by atoms with Crippen LogP contribution in [0.5, 0.6) is 11.5 Å². The van der Waals surface area contributed by atoms with E-state index in [0.717, 1.165) is 0 Å². The van der Waals surface area contributed by atoms with Gasteiger partial charge in [0, 0.05) is 29.4 Å². The summed E-state index contributed by atoms with van der Waals surface area (Å²) in [6, 6.07) is 13.6. The van der Waals surface area contributed by atoms with Gasteiger partial charge in [-0.2, -0.15) is 0 Å². The van der Waals surface area contributed by atoms with Crippen LogP contribution in [-0.4, -0.2) is 16.7 Å². The van der Waals surface area contributed by atoms with Gasteiger partial charge in [0.15, 0.2) is 11.2 Å². The summed E-state index contributed by atoms with van der Waals surface area (Å²) in [4.78, 5) is 42.7. The summed E-state index contributed by atoms with van der Waals surface area (Å²) in [5.74, 6) is -0.765. The number of para-hydroxylation sites is 1. The number of esters is 1. The fourth-order valence-electron chi connectivity index (χ4n) is 4.32. The van der Waals surface area contributed by atoms with Gasteiger partial charge >= 0.3 is 5.97 Å². The quantitative estimate of drug-likeness (QED) is 0.263. The number of rotatable bonds is 2. The first-order chi connectivity index (χ1) is 16.1. The van der Waals surface area contributed by atoms with E-state index in [9.17, 15) is 14.4 Å². The Bertz CT molecular complexity index is 1550. The van der Waals surface area contributed by atoms with E-state index in [1.165, 1.54) is 6.26 Å². The highest BCUT2D eigenvalue weighted by Crippen LogP contribution is 2.48. The van der Waals surface area contributed by atoms with Crippen LogP contribution >= 0.6 is 0 Å². The zero-order chi connectivity index (χ0) is 22.5. The first-order valence-electron chi connectivity index (χ1n) is 10.3. The van der Waals surface area contributed by atoms with Crippen LogP contribution < -0.4 is 14.9 Å². The topological polar surface area (TPSA) is 95.7 Å². The molecule has 1 atom stereocenters. The maximum absolute atomic E-state index is 13.3. The van der Waals surface area contributed by atoms with Crippen LogP contribution in [0.3, 0.4) is 0 Å². The average molecular weight is 437 g/mol. The van der Waals surface area contributed by atoms with Crippen LogP contribution in [0.4, 0.5) is 0 Å². The molecule has 0 spiro atoms. The number of Topliss-reactive ketones (excluding diaryl/α,β-unsaturated/α-hetero) is 1. The molecule has 0 N–H and O–H groups in total. The van der Waals surface area contributed by atoms with Gasteiger partial charge in [-0.05, 0) is 42.0 Å². The van der Waals surface area contributed by atoms with Crippen molar-refractivity contribution in [2.75, 3.05) is 0 Å². The Labute approximate surface area is 186 Å². The molecular formula is C26H15NO6. The highest BCUT2D eigenvalue weighted by Gasteiger charge is 2.39. The van der Waals surface area contributed by atoms with Crippen molar-refractivity contribution in [1.29, 1.82) is 0 Å². The van der Waals surface area contributed by atoms with Crippen molar-refractivity contribution in [2.45, 2.75) is 12.3 Å². The third kappa shape index (κ3) is 3.05. The second-order valence-electron chi connectivity index (χ2n) is 7.83. The van der Waals surface area contributed by atoms with Gasteiger partial charge in [-0.15, -0.1) is 0 Å². The Morgan fingerprint density at radius 2 is 1.85 bits per heavy atom. The number of nitrogens with zero attached hydrogens (tertiary/aromatic N) is 1. The molecular weight excluding hydrogens is 422 g/mol. The lowest BCUT2D eigenvalue weighted by molar-refractivity contribution is -0.135. The van der Waals surface area contributed by atoms with Crippen LogP contribution in [0.1, 0.15) is 39.4 Å². The largest absolute Gasteiger partial charge is 0.464 e. The lowest BCUT2D eigenvalue weighted by Gasteiger charge is -2.25. The monoisotopic (exact) mass is 437 g/mol. The predicted octanol–water partition coefficient (Wildman–Crippen LogP) is 4.25. The molecule has 160 valence electrons. The number of pyridine rings is 1. The van der Waals surface area contributed by atoms with Crippen LogP contribution in [0.2, 0.25) is 0 Å². The zero-order valence-electron chi connectivity index (χ0n) is 17.1. The second kappa shape index (κ2) is 7.27. The van der Waals surface area contributed by atoms with Crippen molar-refractivity contribution in [2.24, 2.45) is 0 Å². The van der Waals surface area contributed by atoms with Crippen LogP contribution in [0, 0.1) is 0 Å². The van der Waals surface area contributed by atoms with Gasteiger partial charge in [-0.1, -0.05) is 18.2 Å². The van der Waals surface area contributed by atoms with Gasteiger partial charge in [-0.25, -0.2) is 0 Å². The summed E-state index contributed by atoms with van der Waals surface area (Å²) in [7, 11) is 0. The van der Waals surface area contributed by atoms with E-state index in [1.807, 2.05) is 0 Å². The van der Waals surface area contributed by atoms with E-state index in [0.29, 0.717) is 33.2 Å². The lowest BCUT2D eigenvalue weighted by atomic mass is 9.85. The number of benzene rings is 2. The zero-order valence-corrected chi connectivity index (χ0v) is 17.1. The molecule has 0 unspecified atom stereocenters. The number of carbonyl (C=O) groups excluding carboxylic acids is 2. The molecule has 33 heavy (non-hydrogen) atoms. The molecule has 7 nitrogen and oxygen atoms in total. The average Bonchev–Trinajstić information content (AvgIpc) is 3.14. The number of fused-ring (bicyclic) bond motifs is 4. The molecule has 2 aliphatic rings. The van der Waals surface area contributed by atoms with Crippen molar-refractivity contribution in [3.05, 3.63) is 105 Å². The SMILES string of the molecule is O=C1C[C@H](c2coc3ccccc3c2=O)c2c(ccc3c2O/C(=C\c2cccnc2)C3=O)O1. The maximum Gasteiger partial charge on any atom is 0.312 e. The molecule has 7 heteroatoms. The number of ether oxygens (including phenoxy) is 2. The van der Waals surface area contributed by atoms with Crippen LogP contribution in [0.15, 0.2) is 82.2 Å². The number of hydrogen-bond donors (Lipinski definition) is 0. The first kappa shape index (κ1) is 19.2. The van der Waals surface area contributed by atoms with Gasteiger partial charge in [-0.3, -0.25) is 19.4 Å². The molecule has 0 saturated heterocycles. The van der Waals surface area contributed by atoms with Crippen molar-refractivity contribution in [3.63, 3.8) is 0 Å². The Hall–Kier alpha value is -4.52. The van der Waals surface area contributed by atoms with Crippen molar-refractivity contribution in [1.82, 2.24) is 4.98 Å². The smallest absolute Gasteiger partial charge is 0.312 e. The standard InChI is InChI=1S/C26H15NO6/c28-22-11-17(18-13-31-19-6-2-1-5-15(19)24(18)29)23-20(32-22)8-7-16-25(30)21(33-26(16)23)10-14-4-3-9-27-12-14/h1-10,12-13,17H,11H2/b21-10-/t17-/m1/s1. The highest BCUT2D eigenvalue weighted by molar-refractivity contribution is 6.15. The van der Waals surface area contributed by atoms with Crippen molar-refractivity contribution < 1.29 is 23.5 Å². The van der Waals surface area contributed by atoms with E-state index in [1.54, 1.807) is 67.0 Å². The minimum atomic E-state index is -0.678. The molecule has 2 aliphatic heterocycles. The lowest BCUT2D eigenvalue weighted by Crippen LogP contribution is -2.25. The van der Waals surface area contributed by atoms with E-state index in [-0.39, 0.29) is 34.9 Å². The summed E-state index contributed by atoms with van der Waals surface area (Å²) in [6.45, 7) is 0. The molecule has 0 saturated carbocycles. The molecule has 0 aliphatic carbocycles. The van der Waals surface area contributed by atoms with Gasteiger partial charge in [0.2, 0.25) is 5.78 Å². The molecule has 0 amide bonds. The molecule has 0 bridgehead atoms. The molecule has 4 aromatic rings. The van der Waals surface area contributed by atoms with E-state index in [4.69, 9.17) is 13.9 Å². The molecule has 2 aromatic carbocycles. The fourth-order valence-corrected chi connectivity index (χ4v) is 4.32. The number of ketones is 1. The minimum Gasteiger partial charge on any atom is -0.464 e. The Balaban J connectivity index is 1.52. The Kier molecular flexibility index (Phi) is 4.23. The van der Waals surface area contributed by atoms with Crippen molar-refractivity contribution >= 4 is 28.8 Å². The fraction of sp³-hybridized carbons (Fsp3) is 0.0769. The number of carbonyl (C=O) groups is 2. The first-order valence-corrected chi connectivity index (χ1v) is 10.3. The Morgan fingerprint density at radius 3 is 2.70 bits per heavy atom. The highest BCUT2D eigenvalue weighted by atomic mass is 16.5. The van der Waals surface area contributed by atoms with E-state index in [2.05, 4.69) is 4.98 Å². The number of aromatic nitrogens is 1. The molecule has 2 aromatic heterocycles. The number of allylic oxidation sites excluding steroid dienone is 1. The summed E-state index contributed by atoms with van der Waals surface area (Å²) in [5, 5.41) is 0.414. The van der Waals surface area contributed by atoms with Crippen molar-refractivity contribution in [3.8, 4) is 11.5 Å². The summed E-state index contributed by atoms with van der Waals surface area (Å²) < 4.78 is 17.1. The van der Waals surface area contributed by atoms with Gasteiger partial charge in [0.05, 0.1) is 23.6 Å². The second-order valence-corrected chi connectivity index (χ2v) is 7.83. The summed E-state index contributed by atoms with van der Waals surface area (Å²) >= 11 is 0. The third-order valence-electron chi connectivity index (χ3n) is 5.84. The normalized spacial score (nSPS) is 18.1. The maximum atomic E-state index is 13.3. The third-order valence-corrected chi connectivity index (χ3v) is 5.84. The molecule has 4 heterocycles. The Morgan fingerprint density at radius 1 is 0.970 bits per heavy atom. The summed E-state index contributed by atoms with van der Waals surface area (Å²) in [5.41, 5.74) is 2.06. The summed E-state index contributed by atoms with van der Waals surface area (Å²) in [6.07, 6.45) is 6.16. The van der Waals surface area contributed by atoms with Gasteiger partial charge in [0.1, 0.15) is 17.1 Å². The molecule has 0 radical (unpaired) electrons. The van der Waals surface area contributed by atoms with E-state index >= 15 is 0 Å². The number of hydrogen-bond acceptors (Lipinski definition) is 7. The van der Waals surface area contributed by atoms with Crippen LogP contribution in [-0.2, 0) is 4.79 Å². The van der Waals surface area contributed by atoms with E-state index < -0.39 is 11.9 Å². The van der Waals surface area contributed by atoms with Crippen LogP contribution in [0.25, 0.3) is 17.0 Å². The molecule has 0 fully saturated rings. The van der Waals surface area contributed by atoms with Gasteiger partial charge < -0.3 is 13.9 Å². The molecule has 6 rings (SSSR count). The minimum absolute atomic E-state index is 0.0776. The predicted molar refractivity (Wildman–Crippen MR) is 118 cm³/mol. The van der Waals surface area contributed by atoms with Gasteiger partial charge in [0.25, 0.3) is 0 Å².